The second kappa shape index (κ2) is 8.85. The van der Waals surface area contributed by atoms with Gasteiger partial charge in [-0.1, -0.05) is 35.1 Å². The lowest BCUT2D eigenvalue weighted by molar-refractivity contribution is -0.134. The number of thiazole rings is 1. The fraction of sp³-hybridized carbons (Fsp3) is 0.412. The molecular weight excluding hydrogens is 381 g/mol. The summed E-state index contributed by atoms with van der Waals surface area (Å²) in [6, 6.07) is 7.62. The first-order valence-corrected chi connectivity index (χ1v) is 9.22. The van der Waals surface area contributed by atoms with Crippen LogP contribution in [-0.4, -0.2) is 35.0 Å². The van der Waals surface area contributed by atoms with Gasteiger partial charge in [0.25, 0.3) is 0 Å². The zero-order valence-electron chi connectivity index (χ0n) is 13.9. The molecule has 3 rings (SSSR count). The normalized spacial score (nSPS) is 17.2. The molecule has 2 aromatic rings. The van der Waals surface area contributed by atoms with Crippen LogP contribution >= 0.6 is 35.3 Å². The average molecular weight is 402 g/mol. The molecule has 1 fully saturated rings. The third-order valence-electron chi connectivity index (χ3n) is 4.32. The molecule has 0 aliphatic carbocycles. The molecule has 0 radical (unpaired) electrons. The number of aryl methyl sites for hydroxylation is 1. The molecule has 8 heteroatoms. The predicted octanol–water partition coefficient (Wildman–Crippen LogP) is 2.86. The lowest BCUT2D eigenvalue weighted by Crippen LogP contribution is -2.48. The van der Waals surface area contributed by atoms with E-state index in [4.69, 9.17) is 11.6 Å². The number of halogens is 2. The maximum Gasteiger partial charge on any atom is 0.307 e. The number of carbonyl (C=O) groups excluding carboxylic acids is 1. The number of hydrogen-bond donors (Lipinski definition) is 1. The van der Waals surface area contributed by atoms with E-state index in [1.807, 2.05) is 41.5 Å². The van der Waals surface area contributed by atoms with Crippen LogP contribution in [0.15, 0.2) is 34.4 Å². The number of nitrogens with zero attached hydrogens (tertiary/aromatic N) is 2. The summed E-state index contributed by atoms with van der Waals surface area (Å²) in [5.74, 6) is 0.0685. The topological polar surface area (TPSA) is 54.3 Å². The summed E-state index contributed by atoms with van der Waals surface area (Å²) in [4.78, 5) is 26.4. The van der Waals surface area contributed by atoms with Gasteiger partial charge < -0.3 is 14.8 Å². The van der Waals surface area contributed by atoms with Gasteiger partial charge in [-0.05, 0) is 24.6 Å². The Morgan fingerprint density at radius 1 is 1.44 bits per heavy atom. The van der Waals surface area contributed by atoms with E-state index < -0.39 is 0 Å². The maximum atomic E-state index is 12.7. The number of aromatic nitrogens is 1. The van der Waals surface area contributed by atoms with Crippen LogP contribution in [0.1, 0.15) is 23.7 Å². The quantitative estimate of drug-likeness (QED) is 0.856. The number of rotatable bonds is 4. The van der Waals surface area contributed by atoms with Crippen molar-refractivity contribution in [2.45, 2.75) is 25.9 Å². The van der Waals surface area contributed by atoms with E-state index in [1.54, 1.807) is 4.57 Å². The number of carbonyl (C=O) groups is 1. The van der Waals surface area contributed by atoms with Gasteiger partial charge in [-0.2, -0.15) is 0 Å². The fourth-order valence-corrected chi connectivity index (χ4v) is 4.00. The summed E-state index contributed by atoms with van der Waals surface area (Å²) in [6.07, 6.45) is 0.328. The number of piperazine rings is 1. The minimum atomic E-state index is -0.0229. The number of benzene rings is 1. The number of hydrogen-bond acceptors (Lipinski definition) is 4. The fourth-order valence-electron chi connectivity index (χ4n) is 3.04. The van der Waals surface area contributed by atoms with Crippen molar-refractivity contribution in [2.75, 3.05) is 19.6 Å². The number of nitrogens with one attached hydrogen (secondary N) is 1. The van der Waals surface area contributed by atoms with Crippen LogP contribution in [0.5, 0.6) is 0 Å². The molecular formula is C17H21Cl2N3O2S. The van der Waals surface area contributed by atoms with Crippen molar-refractivity contribution >= 4 is 41.3 Å². The summed E-state index contributed by atoms with van der Waals surface area (Å²) < 4.78 is 1.67. The molecule has 5 nitrogen and oxygen atoms in total. The van der Waals surface area contributed by atoms with Crippen LogP contribution in [0, 0.1) is 6.92 Å². The second-order valence-corrected chi connectivity index (χ2v) is 7.16. The standard InChI is InChI=1S/C17H20ClN3O2S.ClH/c1-12-11-24-17(23)20(12)7-5-16(22)21-8-6-19-10-15(21)13-3-2-4-14(18)9-13;/h2-4,9,11,15,19H,5-8,10H2,1H3;1H. The van der Waals surface area contributed by atoms with E-state index in [1.165, 1.54) is 11.3 Å². The Kier molecular flexibility index (Phi) is 7.07. The molecule has 1 atom stereocenters. The van der Waals surface area contributed by atoms with Crippen LogP contribution in [0.4, 0.5) is 0 Å². The molecule has 1 aromatic heterocycles. The smallest absolute Gasteiger partial charge is 0.307 e. The van der Waals surface area contributed by atoms with Crippen LogP contribution in [0.2, 0.25) is 5.02 Å². The van der Waals surface area contributed by atoms with Gasteiger partial charge in [0.05, 0.1) is 6.04 Å². The highest BCUT2D eigenvalue weighted by Crippen LogP contribution is 2.25. The Morgan fingerprint density at radius 2 is 2.24 bits per heavy atom. The van der Waals surface area contributed by atoms with Gasteiger partial charge in [0.15, 0.2) is 0 Å². The molecule has 1 saturated heterocycles. The Bertz CT molecular complexity index is 790. The van der Waals surface area contributed by atoms with E-state index in [-0.39, 0.29) is 29.2 Å². The van der Waals surface area contributed by atoms with E-state index in [0.29, 0.717) is 31.1 Å². The van der Waals surface area contributed by atoms with Crippen LogP contribution in [-0.2, 0) is 11.3 Å². The lowest BCUT2D eigenvalue weighted by Gasteiger charge is -2.36. The Morgan fingerprint density at radius 3 is 2.92 bits per heavy atom. The molecule has 136 valence electrons. The molecule has 1 unspecified atom stereocenters. The summed E-state index contributed by atoms with van der Waals surface area (Å²) >= 11 is 7.27. The van der Waals surface area contributed by atoms with Crippen molar-refractivity contribution in [3.63, 3.8) is 0 Å². The highest BCUT2D eigenvalue weighted by Gasteiger charge is 2.27. The van der Waals surface area contributed by atoms with Crippen molar-refractivity contribution in [1.29, 1.82) is 0 Å². The average Bonchev–Trinajstić information content (AvgIpc) is 2.91. The van der Waals surface area contributed by atoms with Crippen LogP contribution in [0.25, 0.3) is 0 Å². The molecule has 1 aliphatic rings. The molecule has 0 spiro atoms. The summed E-state index contributed by atoms with van der Waals surface area (Å²) in [5.41, 5.74) is 1.94. The van der Waals surface area contributed by atoms with Gasteiger partial charge in [0, 0.05) is 48.7 Å². The van der Waals surface area contributed by atoms with Gasteiger partial charge in [-0.25, -0.2) is 0 Å². The van der Waals surface area contributed by atoms with Crippen LogP contribution in [0.3, 0.4) is 0 Å². The van der Waals surface area contributed by atoms with Gasteiger partial charge in [0.1, 0.15) is 0 Å². The Hall–Kier alpha value is -1.34. The summed E-state index contributed by atoms with van der Waals surface area (Å²) in [6.45, 7) is 4.47. The molecule has 2 heterocycles. The third kappa shape index (κ3) is 4.64. The van der Waals surface area contributed by atoms with E-state index in [9.17, 15) is 9.59 Å². The molecule has 25 heavy (non-hydrogen) atoms. The minimum Gasteiger partial charge on any atom is -0.333 e. The largest absolute Gasteiger partial charge is 0.333 e. The van der Waals surface area contributed by atoms with Crippen molar-refractivity contribution in [1.82, 2.24) is 14.8 Å². The monoisotopic (exact) mass is 401 g/mol. The minimum absolute atomic E-state index is 0. The molecule has 0 bridgehead atoms. The maximum absolute atomic E-state index is 12.7. The predicted molar refractivity (Wildman–Crippen MR) is 104 cm³/mol. The molecule has 0 saturated carbocycles. The zero-order chi connectivity index (χ0) is 17.1. The third-order valence-corrected chi connectivity index (χ3v) is 5.44. The van der Waals surface area contributed by atoms with Crippen LogP contribution < -0.4 is 10.2 Å². The zero-order valence-corrected chi connectivity index (χ0v) is 16.3. The molecule has 1 aromatic carbocycles. The Labute approximate surface area is 162 Å². The molecule has 1 aliphatic heterocycles. The first-order chi connectivity index (χ1) is 11.6. The van der Waals surface area contributed by atoms with Crippen molar-refractivity contribution in [3.8, 4) is 0 Å². The number of amides is 1. The van der Waals surface area contributed by atoms with Gasteiger partial charge in [-0.3, -0.25) is 9.59 Å². The highest BCUT2D eigenvalue weighted by atomic mass is 35.5. The second-order valence-electron chi connectivity index (χ2n) is 5.91. The van der Waals surface area contributed by atoms with Gasteiger partial charge in [-0.15, -0.1) is 12.4 Å². The summed E-state index contributed by atoms with van der Waals surface area (Å²) in [7, 11) is 0. The van der Waals surface area contributed by atoms with Crippen molar-refractivity contribution in [3.05, 3.63) is 55.6 Å². The SMILES string of the molecule is Cc1csc(=O)n1CCC(=O)N1CCNCC1c1cccc(Cl)c1.Cl. The van der Waals surface area contributed by atoms with E-state index in [2.05, 4.69) is 5.32 Å². The van der Waals surface area contributed by atoms with E-state index >= 15 is 0 Å². The van der Waals surface area contributed by atoms with Crippen molar-refractivity contribution in [2.24, 2.45) is 0 Å². The van der Waals surface area contributed by atoms with Crippen molar-refractivity contribution < 1.29 is 4.79 Å². The van der Waals surface area contributed by atoms with Gasteiger partial charge >= 0.3 is 4.87 Å². The van der Waals surface area contributed by atoms with Gasteiger partial charge in [0.2, 0.25) is 5.91 Å². The Balaban J connectivity index is 0.00000225. The first-order valence-electron chi connectivity index (χ1n) is 7.97. The molecule has 1 amide bonds. The molecule has 1 N–H and O–H groups in total. The highest BCUT2D eigenvalue weighted by molar-refractivity contribution is 7.07. The lowest BCUT2D eigenvalue weighted by atomic mass is 10.0. The summed E-state index contributed by atoms with van der Waals surface area (Å²) in [5, 5.41) is 5.83. The van der Waals surface area contributed by atoms with E-state index in [0.717, 1.165) is 17.8 Å². The first kappa shape index (κ1) is 20.0.